The minimum absolute atomic E-state index is 0.0654. The number of methoxy groups -OCH3 is 3. The molecule has 38 heavy (non-hydrogen) atoms. The second-order valence-electron chi connectivity index (χ2n) is 9.47. The van der Waals surface area contributed by atoms with Crippen LogP contribution in [0.2, 0.25) is 0 Å². The van der Waals surface area contributed by atoms with E-state index in [1.807, 2.05) is 28.0 Å². The first-order chi connectivity index (χ1) is 18.5. The molecular weight excluding hydrogens is 482 g/mol. The molecule has 1 fully saturated rings. The van der Waals surface area contributed by atoms with Crippen molar-refractivity contribution in [2.75, 3.05) is 57.3 Å². The van der Waals surface area contributed by atoms with E-state index in [1.165, 1.54) is 5.56 Å². The molecule has 2 amide bonds. The molecule has 0 aromatic heterocycles. The molecule has 0 aliphatic carbocycles. The molecule has 1 saturated heterocycles. The Bertz CT molecular complexity index is 1290. The molecule has 5 rings (SSSR count). The third-order valence-electron chi connectivity index (χ3n) is 7.29. The van der Waals surface area contributed by atoms with Gasteiger partial charge in [0.2, 0.25) is 11.7 Å². The Balaban J connectivity index is 1.28. The second kappa shape index (κ2) is 11.0. The fraction of sp³-hybridized carbons (Fsp3) is 0.333. The Kier molecular flexibility index (Phi) is 7.40. The van der Waals surface area contributed by atoms with Gasteiger partial charge < -0.3 is 28.9 Å². The number of nitrogens with zero attached hydrogens (tertiary/aromatic N) is 3. The predicted molar refractivity (Wildman–Crippen MR) is 147 cm³/mol. The van der Waals surface area contributed by atoms with Gasteiger partial charge in [-0.05, 0) is 47.9 Å². The highest BCUT2D eigenvalue weighted by atomic mass is 16.5. The second-order valence-corrected chi connectivity index (χ2v) is 9.47. The molecule has 0 saturated carbocycles. The highest BCUT2D eigenvalue weighted by Gasteiger charge is 2.28. The first-order valence-corrected chi connectivity index (χ1v) is 12.8. The van der Waals surface area contributed by atoms with E-state index in [4.69, 9.17) is 14.2 Å². The van der Waals surface area contributed by atoms with Crippen LogP contribution in [0.3, 0.4) is 0 Å². The zero-order valence-corrected chi connectivity index (χ0v) is 22.1. The minimum atomic E-state index is -0.0654. The lowest BCUT2D eigenvalue weighted by molar-refractivity contribution is -0.119. The summed E-state index contributed by atoms with van der Waals surface area (Å²) in [7, 11) is 4.62. The standard InChI is InChI=1S/C30H33N3O5/c1-36-26-18-23(19-27(37-2)29(26)38-3)30(35)32-15-13-31(14-16-32)24-10-11-25-22(17-24)9-12-28(34)33(25)20-21-7-5-4-6-8-21/h4-8,10-11,17-19H,9,12-16,20H2,1-3H3. The third kappa shape index (κ3) is 4.98. The van der Waals surface area contributed by atoms with Gasteiger partial charge in [0.1, 0.15) is 0 Å². The van der Waals surface area contributed by atoms with Crippen molar-refractivity contribution in [2.24, 2.45) is 0 Å². The van der Waals surface area contributed by atoms with E-state index >= 15 is 0 Å². The lowest BCUT2D eigenvalue weighted by atomic mass is 9.99. The van der Waals surface area contributed by atoms with E-state index < -0.39 is 0 Å². The summed E-state index contributed by atoms with van der Waals surface area (Å²) >= 11 is 0. The number of aryl methyl sites for hydroxylation is 1. The summed E-state index contributed by atoms with van der Waals surface area (Å²) in [5.41, 5.74) is 4.92. The topological polar surface area (TPSA) is 71.6 Å². The van der Waals surface area contributed by atoms with Gasteiger partial charge in [-0.2, -0.15) is 0 Å². The van der Waals surface area contributed by atoms with Crippen molar-refractivity contribution in [1.29, 1.82) is 0 Å². The molecule has 0 radical (unpaired) electrons. The van der Waals surface area contributed by atoms with Gasteiger partial charge in [-0.15, -0.1) is 0 Å². The number of piperazine rings is 1. The van der Waals surface area contributed by atoms with Gasteiger partial charge >= 0.3 is 0 Å². The molecule has 0 N–H and O–H groups in total. The van der Waals surface area contributed by atoms with E-state index in [9.17, 15) is 9.59 Å². The van der Waals surface area contributed by atoms with Crippen molar-refractivity contribution < 1.29 is 23.8 Å². The van der Waals surface area contributed by atoms with E-state index in [-0.39, 0.29) is 11.8 Å². The summed E-state index contributed by atoms with van der Waals surface area (Å²) in [5, 5.41) is 0. The van der Waals surface area contributed by atoms with E-state index in [1.54, 1.807) is 33.5 Å². The van der Waals surface area contributed by atoms with Crippen LogP contribution in [-0.2, 0) is 17.8 Å². The van der Waals surface area contributed by atoms with Crippen LogP contribution in [0.15, 0.2) is 60.7 Å². The van der Waals surface area contributed by atoms with Crippen LogP contribution in [0.1, 0.15) is 27.9 Å². The molecule has 2 aliphatic heterocycles. The molecule has 3 aromatic rings. The Morgan fingerprint density at radius 3 is 2.13 bits per heavy atom. The number of benzene rings is 3. The number of ether oxygens (including phenoxy) is 3. The maximum Gasteiger partial charge on any atom is 0.254 e. The summed E-state index contributed by atoms with van der Waals surface area (Å²) in [5.74, 6) is 1.48. The van der Waals surface area contributed by atoms with Gasteiger partial charge in [0.05, 0.1) is 27.9 Å². The van der Waals surface area contributed by atoms with Gasteiger partial charge in [0.15, 0.2) is 11.5 Å². The van der Waals surface area contributed by atoms with E-state index in [0.29, 0.717) is 48.9 Å². The lowest BCUT2D eigenvalue weighted by Crippen LogP contribution is -2.48. The summed E-state index contributed by atoms with van der Waals surface area (Å²) in [6.45, 7) is 3.23. The van der Waals surface area contributed by atoms with Crippen molar-refractivity contribution in [3.63, 3.8) is 0 Å². The average molecular weight is 516 g/mol. The molecular formula is C30H33N3O5. The fourth-order valence-corrected chi connectivity index (χ4v) is 5.24. The SMILES string of the molecule is COc1cc(C(=O)N2CCN(c3ccc4c(c3)CCC(=O)N4Cc3ccccc3)CC2)cc(OC)c1OC. The van der Waals surface area contributed by atoms with Crippen LogP contribution in [0.4, 0.5) is 11.4 Å². The smallest absolute Gasteiger partial charge is 0.254 e. The fourth-order valence-electron chi connectivity index (χ4n) is 5.24. The first kappa shape index (κ1) is 25.4. The van der Waals surface area contributed by atoms with Gasteiger partial charge in [-0.1, -0.05) is 30.3 Å². The minimum Gasteiger partial charge on any atom is -0.493 e. The van der Waals surface area contributed by atoms with Crippen LogP contribution in [0.5, 0.6) is 17.2 Å². The summed E-state index contributed by atoms with van der Waals surface area (Å²) in [6, 6.07) is 19.8. The maximum atomic E-state index is 13.3. The average Bonchev–Trinajstić information content (AvgIpc) is 2.97. The quantitative estimate of drug-likeness (QED) is 0.471. The molecule has 2 aliphatic rings. The molecule has 0 unspecified atom stereocenters. The summed E-state index contributed by atoms with van der Waals surface area (Å²) in [4.78, 5) is 32.1. The van der Waals surface area contributed by atoms with Crippen LogP contribution >= 0.6 is 0 Å². The molecule has 0 spiro atoms. The van der Waals surface area contributed by atoms with Crippen molar-refractivity contribution in [3.8, 4) is 17.2 Å². The Morgan fingerprint density at radius 2 is 1.50 bits per heavy atom. The normalized spacial score (nSPS) is 15.2. The van der Waals surface area contributed by atoms with E-state index in [0.717, 1.165) is 36.4 Å². The highest BCUT2D eigenvalue weighted by Crippen LogP contribution is 2.39. The van der Waals surface area contributed by atoms with Crippen LogP contribution in [-0.4, -0.2) is 64.2 Å². The molecule has 0 bridgehead atoms. The van der Waals surface area contributed by atoms with Gasteiger partial charge in [-0.25, -0.2) is 0 Å². The molecule has 198 valence electrons. The summed E-state index contributed by atoms with van der Waals surface area (Å²) < 4.78 is 16.2. The number of carbonyl (C=O) groups is 2. The molecule has 3 aromatic carbocycles. The van der Waals surface area contributed by atoms with Crippen LogP contribution in [0.25, 0.3) is 0 Å². The number of anilines is 2. The highest BCUT2D eigenvalue weighted by molar-refractivity contribution is 5.97. The molecule has 8 heteroatoms. The number of fused-ring (bicyclic) bond motifs is 1. The largest absolute Gasteiger partial charge is 0.493 e. The van der Waals surface area contributed by atoms with Gasteiger partial charge in [-0.3, -0.25) is 9.59 Å². The predicted octanol–water partition coefficient (Wildman–Crippen LogP) is 4.15. The zero-order chi connectivity index (χ0) is 26.6. The Hall–Kier alpha value is -4.20. The van der Waals surface area contributed by atoms with Crippen molar-refractivity contribution in [1.82, 2.24) is 4.90 Å². The number of carbonyl (C=O) groups excluding carboxylic acids is 2. The zero-order valence-electron chi connectivity index (χ0n) is 22.1. The van der Waals surface area contributed by atoms with E-state index in [2.05, 4.69) is 35.2 Å². The Morgan fingerprint density at radius 1 is 0.816 bits per heavy atom. The monoisotopic (exact) mass is 515 g/mol. The lowest BCUT2D eigenvalue weighted by Gasteiger charge is -2.37. The van der Waals surface area contributed by atoms with Crippen molar-refractivity contribution in [2.45, 2.75) is 19.4 Å². The number of hydrogen-bond donors (Lipinski definition) is 0. The first-order valence-electron chi connectivity index (χ1n) is 12.8. The third-order valence-corrected chi connectivity index (χ3v) is 7.29. The molecule has 0 atom stereocenters. The molecule has 2 heterocycles. The number of amides is 2. The maximum absolute atomic E-state index is 13.3. The van der Waals surface area contributed by atoms with Crippen LogP contribution in [0, 0.1) is 0 Å². The van der Waals surface area contributed by atoms with Crippen molar-refractivity contribution in [3.05, 3.63) is 77.4 Å². The molecule has 8 nitrogen and oxygen atoms in total. The number of rotatable bonds is 7. The van der Waals surface area contributed by atoms with Crippen LogP contribution < -0.4 is 24.0 Å². The Labute approximate surface area is 223 Å². The van der Waals surface area contributed by atoms with Gasteiger partial charge in [0.25, 0.3) is 5.91 Å². The van der Waals surface area contributed by atoms with Gasteiger partial charge in [0, 0.05) is 49.5 Å². The summed E-state index contributed by atoms with van der Waals surface area (Å²) in [6.07, 6.45) is 1.26. The number of hydrogen-bond acceptors (Lipinski definition) is 6. The van der Waals surface area contributed by atoms with Crippen molar-refractivity contribution >= 4 is 23.2 Å².